The van der Waals surface area contributed by atoms with Crippen LogP contribution in [0.5, 0.6) is 0 Å². The maximum atomic E-state index is 12.7. The molecule has 1 aromatic carbocycles. The van der Waals surface area contributed by atoms with Crippen molar-refractivity contribution >= 4 is 29.2 Å². The van der Waals surface area contributed by atoms with Crippen molar-refractivity contribution in [3.05, 3.63) is 35.5 Å². The van der Waals surface area contributed by atoms with Crippen LogP contribution in [0.3, 0.4) is 0 Å². The number of aromatic nitrogens is 1. The maximum absolute atomic E-state index is 12.7. The lowest BCUT2D eigenvalue weighted by molar-refractivity contribution is 0.0757. The summed E-state index contributed by atoms with van der Waals surface area (Å²) >= 11 is 0. The van der Waals surface area contributed by atoms with Gasteiger partial charge in [-0.2, -0.15) is 0 Å². The number of hydrogen-bond donors (Lipinski definition) is 1. The Morgan fingerprint density at radius 1 is 1.12 bits per heavy atom. The van der Waals surface area contributed by atoms with E-state index in [4.69, 9.17) is 0 Å². The second-order valence-electron chi connectivity index (χ2n) is 7.09. The van der Waals surface area contributed by atoms with Crippen LogP contribution in [0.25, 0.3) is 10.9 Å². The lowest BCUT2D eigenvalue weighted by Crippen LogP contribution is -2.37. The van der Waals surface area contributed by atoms with Crippen molar-refractivity contribution in [2.45, 2.75) is 31.9 Å². The normalized spacial score (nSPS) is 19.1. The van der Waals surface area contributed by atoms with Crippen molar-refractivity contribution in [2.24, 2.45) is 0 Å². The summed E-state index contributed by atoms with van der Waals surface area (Å²) in [4.78, 5) is 16.8. The monoisotopic (exact) mass is 363 g/mol. The van der Waals surface area contributed by atoms with Gasteiger partial charge >= 0.3 is 0 Å². The Morgan fingerprint density at radius 2 is 1.84 bits per heavy atom. The molecule has 136 valence electrons. The molecular formula is C19H26ClN3O2. The van der Waals surface area contributed by atoms with Gasteiger partial charge in [-0.15, -0.1) is 12.4 Å². The van der Waals surface area contributed by atoms with Crippen LogP contribution in [0, 0.1) is 0 Å². The molecule has 0 radical (unpaired) electrons. The average molecular weight is 364 g/mol. The number of benzene rings is 1. The molecule has 1 aromatic heterocycles. The van der Waals surface area contributed by atoms with E-state index in [2.05, 4.69) is 17.0 Å². The second-order valence-corrected chi connectivity index (χ2v) is 7.09. The molecule has 1 atom stereocenters. The summed E-state index contributed by atoms with van der Waals surface area (Å²) in [6.45, 7) is 4.07. The highest BCUT2D eigenvalue weighted by Crippen LogP contribution is 2.30. The molecule has 6 heteroatoms. The minimum atomic E-state index is -0.456. The molecule has 1 unspecified atom stereocenters. The smallest absolute Gasteiger partial charge is 0.270 e. The fraction of sp³-hybridized carbons (Fsp3) is 0.526. The molecule has 1 saturated heterocycles. The zero-order valence-electron chi connectivity index (χ0n) is 14.6. The summed E-state index contributed by atoms with van der Waals surface area (Å²) in [6.07, 6.45) is 2.87. The highest BCUT2D eigenvalue weighted by Gasteiger charge is 2.29. The number of likely N-dealkylation sites (tertiary alicyclic amines) is 1. The largest absolute Gasteiger partial charge is 0.390 e. The van der Waals surface area contributed by atoms with Crippen molar-refractivity contribution in [2.75, 3.05) is 33.2 Å². The fourth-order valence-electron chi connectivity index (χ4n) is 4.16. The third-order valence-corrected chi connectivity index (χ3v) is 5.38. The molecule has 25 heavy (non-hydrogen) atoms. The van der Waals surface area contributed by atoms with Gasteiger partial charge in [-0.05, 0) is 44.0 Å². The summed E-state index contributed by atoms with van der Waals surface area (Å²) in [5.41, 5.74) is 2.97. The Kier molecular flexibility index (Phi) is 5.37. The van der Waals surface area contributed by atoms with E-state index in [1.807, 2.05) is 23.7 Å². The SMILES string of the molecule is CN1CCc2c(n(CC(O)CN3CCCC3)c3ccccc23)C1=O.Cl. The third-order valence-electron chi connectivity index (χ3n) is 5.38. The van der Waals surface area contributed by atoms with Crippen LogP contribution in [0.2, 0.25) is 0 Å². The number of nitrogens with zero attached hydrogens (tertiary/aromatic N) is 3. The highest BCUT2D eigenvalue weighted by molar-refractivity contribution is 6.02. The predicted octanol–water partition coefficient (Wildman–Crippen LogP) is 2.15. The molecular weight excluding hydrogens is 338 g/mol. The summed E-state index contributed by atoms with van der Waals surface area (Å²) in [6, 6.07) is 8.18. The number of β-amino-alcohol motifs (C(OH)–C–C–N with tert-alkyl or cyclic N) is 1. The van der Waals surface area contributed by atoms with Gasteiger partial charge in [-0.3, -0.25) is 4.79 Å². The highest BCUT2D eigenvalue weighted by atomic mass is 35.5. The Bertz CT molecular complexity index is 767. The minimum absolute atomic E-state index is 0. The number of halogens is 1. The molecule has 0 bridgehead atoms. The molecule has 2 aliphatic heterocycles. The van der Waals surface area contributed by atoms with Crippen molar-refractivity contribution in [3.8, 4) is 0 Å². The van der Waals surface area contributed by atoms with Crippen LogP contribution in [-0.4, -0.2) is 64.7 Å². The van der Waals surface area contributed by atoms with Crippen molar-refractivity contribution in [1.82, 2.24) is 14.4 Å². The van der Waals surface area contributed by atoms with Gasteiger partial charge in [0.05, 0.1) is 12.6 Å². The fourth-order valence-corrected chi connectivity index (χ4v) is 4.16. The van der Waals surface area contributed by atoms with Gasteiger partial charge in [-0.1, -0.05) is 18.2 Å². The Labute approximate surface area is 154 Å². The first-order valence-corrected chi connectivity index (χ1v) is 8.91. The van der Waals surface area contributed by atoms with Crippen LogP contribution >= 0.6 is 12.4 Å². The molecule has 5 nitrogen and oxygen atoms in total. The Morgan fingerprint density at radius 3 is 2.60 bits per heavy atom. The molecule has 0 spiro atoms. The van der Waals surface area contributed by atoms with E-state index in [1.54, 1.807) is 4.90 Å². The van der Waals surface area contributed by atoms with Crippen molar-refractivity contribution in [1.29, 1.82) is 0 Å². The summed E-state index contributed by atoms with van der Waals surface area (Å²) < 4.78 is 2.05. The topological polar surface area (TPSA) is 48.7 Å². The molecule has 1 amide bonds. The molecule has 0 saturated carbocycles. The minimum Gasteiger partial charge on any atom is -0.390 e. The molecule has 2 aromatic rings. The summed E-state index contributed by atoms with van der Waals surface area (Å²) in [7, 11) is 1.86. The predicted molar refractivity (Wildman–Crippen MR) is 102 cm³/mol. The number of carbonyl (C=O) groups is 1. The van der Waals surface area contributed by atoms with Crippen LogP contribution in [0.4, 0.5) is 0 Å². The first-order chi connectivity index (χ1) is 11.6. The van der Waals surface area contributed by atoms with Gasteiger partial charge in [0.15, 0.2) is 0 Å². The third kappa shape index (κ3) is 3.28. The number of hydrogen-bond acceptors (Lipinski definition) is 3. The number of carbonyl (C=O) groups excluding carboxylic acids is 1. The lowest BCUT2D eigenvalue weighted by atomic mass is 10.0. The number of likely N-dealkylation sites (N-methyl/N-ethyl adjacent to an activating group) is 1. The van der Waals surface area contributed by atoms with E-state index in [0.717, 1.165) is 48.2 Å². The average Bonchev–Trinajstić information content (AvgIpc) is 3.18. The van der Waals surface area contributed by atoms with Crippen LogP contribution in [0.1, 0.15) is 28.9 Å². The van der Waals surface area contributed by atoms with Gasteiger partial charge < -0.3 is 19.5 Å². The summed E-state index contributed by atoms with van der Waals surface area (Å²) in [5.74, 6) is 0.0702. The molecule has 1 N–H and O–H groups in total. The van der Waals surface area contributed by atoms with Gasteiger partial charge in [0.2, 0.25) is 0 Å². The second kappa shape index (κ2) is 7.36. The van der Waals surface area contributed by atoms with E-state index in [1.165, 1.54) is 12.8 Å². The van der Waals surface area contributed by atoms with Crippen molar-refractivity contribution in [3.63, 3.8) is 0 Å². The number of amides is 1. The number of fused-ring (bicyclic) bond motifs is 3. The van der Waals surface area contributed by atoms with Gasteiger partial charge in [0, 0.05) is 31.0 Å². The molecule has 4 rings (SSSR count). The van der Waals surface area contributed by atoms with Gasteiger partial charge in [0.25, 0.3) is 5.91 Å². The number of aliphatic hydroxyl groups excluding tert-OH is 1. The van der Waals surface area contributed by atoms with E-state index in [9.17, 15) is 9.90 Å². The van der Waals surface area contributed by atoms with E-state index in [0.29, 0.717) is 13.1 Å². The lowest BCUT2D eigenvalue weighted by Gasteiger charge is -2.26. The first-order valence-electron chi connectivity index (χ1n) is 8.91. The zero-order valence-corrected chi connectivity index (χ0v) is 15.5. The van der Waals surface area contributed by atoms with Crippen molar-refractivity contribution < 1.29 is 9.90 Å². The number of rotatable bonds is 4. The van der Waals surface area contributed by atoms with Crippen LogP contribution < -0.4 is 0 Å². The molecule has 0 aliphatic carbocycles. The molecule has 3 heterocycles. The van der Waals surface area contributed by atoms with E-state index in [-0.39, 0.29) is 18.3 Å². The van der Waals surface area contributed by atoms with Crippen LogP contribution in [0.15, 0.2) is 24.3 Å². The Balaban J connectivity index is 0.00000182. The number of aliphatic hydroxyl groups is 1. The quantitative estimate of drug-likeness (QED) is 0.905. The standard InChI is InChI=1S/C19H25N3O2.ClH/c1-20-11-8-16-15-6-2-3-7-17(15)22(18(16)19(20)24)13-14(23)12-21-9-4-5-10-21;/h2-3,6-7,14,23H,4-5,8-13H2,1H3;1H. The molecule has 2 aliphatic rings. The Hall–Kier alpha value is -1.56. The zero-order chi connectivity index (χ0) is 16.7. The van der Waals surface area contributed by atoms with Crippen LogP contribution in [-0.2, 0) is 13.0 Å². The van der Waals surface area contributed by atoms with Gasteiger partial charge in [0.1, 0.15) is 5.69 Å². The van der Waals surface area contributed by atoms with E-state index < -0.39 is 6.10 Å². The van der Waals surface area contributed by atoms with Gasteiger partial charge in [-0.25, -0.2) is 0 Å². The summed E-state index contributed by atoms with van der Waals surface area (Å²) in [5, 5.41) is 11.8. The number of para-hydroxylation sites is 1. The first kappa shape index (κ1) is 18.2. The van der Waals surface area contributed by atoms with E-state index >= 15 is 0 Å². The maximum Gasteiger partial charge on any atom is 0.270 e. The molecule has 1 fully saturated rings.